The molecule has 11 heteroatoms. The van der Waals surface area contributed by atoms with Gasteiger partial charge in [0.05, 0.1) is 21.9 Å². The SMILES string of the molecule is O=C1[C@@H](NS(=O)(=O)c2ccc(-c3ccc(Cl)s3)s2)CCN1Cc1cc2ncccc2[nH]1. The molecule has 1 aliphatic rings. The lowest BCUT2D eigenvalue weighted by molar-refractivity contribution is -0.129. The molecule has 0 radical (unpaired) electrons. The largest absolute Gasteiger partial charge is 0.356 e. The molecular weight excluding hydrogens is 476 g/mol. The zero-order valence-electron chi connectivity index (χ0n) is 16.0. The van der Waals surface area contributed by atoms with E-state index in [-0.39, 0.29) is 10.1 Å². The summed E-state index contributed by atoms with van der Waals surface area (Å²) in [6, 6.07) is 11.9. The van der Waals surface area contributed by atoms with Crippen LogP contribution in [0.4, 0.5) is 0 Å². The van der Waals surface area contributed by atoms with Crippen LogP contribution in [0.25, 0.3) is 20.8 Å². The van der Waals surface area contributed by atoms with E-state index < -0.39 is 16.1 Å². The number of hydrogen-bond acceptors (Lipinski definition) is 6. The fraction of sp³-hybridized carbons (Fsp3) is 0.200. The van der Waals surface area contributed by atoms with Gasteiger partial charge in [0.25, 0.3) is 10.0 Å². The Morgan fingerprint density at radius 1 is 1.19 bits per heavy atom. The van der Waals surface area contributed by atoms with Gasteiger partial charge < -0.3 is 9.88 Å². The van der Waals surface area contributed by atoms with Crippen molar-refractivity contribution < 1.29 is 13.2 Å². The number of nitrogens with one attached hydrogen (secondary N) is 2. The van der Waals surface area contributed by atoms with Crippen LogP contribution in [0.1, 0.15) is 12.1 Å². The Morgan fingerprint density at radius 2 is 2.00 bits per heavy atom. The van der Waals surface area contributed by atoms with E-state index in [2.05, 4.69) is 14.7 Å². The molecule has 5 heterocycles. The molecule has 5 rings (SSSR count). The van der Waals surface area contributed by atoms with Crippen molar-refractivity contribution >= 4 is 61.2 Å². The number of likely N-dealkylation sites (tertiary alicyclic amines) is 1. The summed E-state index contributed by atoms with van der Waals surface area (Å²) in [5, 5.41) is 0. The van der Waals surface area contributed by atoms with Gasteiger partial charge in [-0.3, -0.25) is 9.78 Å². The molecule has 1 aliphatic heterocycles. The average molecular weight is 493 g/mol. The highest BCUT2D eigenvalue weighted by molar-refractivity contribution is 7.91. The molecule has 31 heavy (non-hydrogen) atoms. The highest BCUT2D eigenvalue weighted by Crippen LogP contribution is 2.37. The number of halogens is 1. The number of sulfonamides is 1. The topological polar surface area (TPSA) is 95.2 Å². The summed E-state index contributed by atoms with van der Waals surface area (Å²) in [6.07, 6.45) is 2.14. The van der Waals surface area contributed by atoms with Gasteiger partial charge in [-0.25, -0.2) is 8.42 Å². The van der Waals surface area contributed by atoms with Gasteiger partial charge in [0.2, 0.25) is 5.91 Å². The molecule has 4 aromatic heterocycles. The molecule has 2 N–H and O–H groups in total. The zero-order valence-corrected chi connectivity index (χ0v) is 19.2. The van der Waals surface area contributed by atoms with Crippen LogP contribution in [0, 0.1) is 0 Å². The first-order valence-corrected chi connectivity index (χ1v) is 13.0. The van der Waals surface area contributed by atoms with Crippen LogP contribution in [0.3, 0.4) is 0 Å². The Bertz CT molecular complexity index is 1340. The Labute approximate surface area is 191 Å². The summed E-state index contributed by atoms with van der Waals surface area (Å²) in [5.74, 6) is -0.225. The van der Waals surface area contributed by atoms with Crippen LogP contribution in [0.5, 0.6) is 0 Å². The number of rotatable bonds is 6. The van der Waals surface area contributed by atoms with Gasteiger partial charge in [0.1, 0.15) is 10.3 Å². The van der Waals surface area contributed by atoms with Crippen molar-refractivity contribution in [1.29, 1.82) is 0 Å². The second-order valence-electron chi connectivity index (χ2n) is 7.18. The molecule has 0 aromatic carbocycles. The number of pyridine rings is 1. The Hall–Kier alpha value is -2.24. The van der Waals surface area contributed by atoms with Gasteiger partial charge >= 0.3 is 0 Å². The molecule has 1 saturated heterocycles. The number of aromatic amines is 1. The predicted molar refractivity (Wildman–Crippen MR) is 123 cm³/mol. The minimum Gasteiger partial charge on any atom is -0.356 e. The van der Waals surface area contributed by atoms with Crippen LogP contribution in [-0.2, 0) is 21.4 Å². The van der Waals surface area contributed by atoms with E-state index >= 15 is 0 Å². The summed E-state index contributed by atoms with van der Waals surface area (Å²) < 4.78 is 29.1. The molecule has 0 spiro atoms. The molecule has 1 atom stereocenters. The molecule has 1 amide bonds. The zero-order chi connectivity index (χ0) is 21.6. The molecule has 0 aliphatic carbocycles. The number of carbonyl (C=O) groups excluding carboxylic acids is 1. The standard InChI is InChI=1S/C20H17ClN4O3S3/c21-18-5-3-16(29-18)17-4-6-19(30-17)31(27,28)24-14-7-9-25(20(14)26)11-12-10-15-13(23-12)2-1-8-22-15/h1-6,8,10,14,23-24H,7,9,11H2/t14-/m0/s1. The van der Waals surface area contributed by atoms with Crippen molar-refractivity contribution in [2.75, 3.05) is 6.54 Å². The fourth-order valence-corrected chi connectivity index (χ4v) is 7.28. The van der Waals surface area contributed by atoms with Crippen molar-refractivity contribution in [1.82, 2.24) is 19.6 Å². The molecule has 7 nitrogen and oxygen atoms in total. The van der Waals surface area contributed by atoms with E-state index in [4.69, 9.17) is 11.6 Å². The highest BCUT2D eigenvalue weighted by Gasteiger charge is 2.35. The lowest BCUT2D eigenvalue weighted by Crippen LogP contribution is -2.41. The van der Waals surface area contributed by atoms with Crippen molar-refractivity contribution in [2.45, 2.75) is 23.2 Å². The average Bonchev–Trinajstić information content (AvgIpc) is 3.51. The highest BCUT2D eigenvalue weighted by atomic mass is 35.5. The number of amides is 1. The van der Waals surface area contributed by atoms with Gasteiger partial charge in [0, 0.05) is 28.2 Å². The number of thiophene rings is 2. The van der Waals surface area contributed by atoms with Gasteiger partial charge in [-0.1, -0.05) is 11.6 Å². The van der Waals surface area contributed by atoms with Crippen molar-refractivity contribution in [2.24, 2.45) is 0 Å². The van der Waals surface area contributed by atoms with Crippen LogP contribution in [0.15, 0.2) is 52.9 Å². The lowest BCUT2D eigenvalue weighted by Gasteiger charge is -2.16. The molecule has 160 valence electrons. The number of carbonyl (C=O) groups is 1. The van der Waals surface area contributed by atoms with Gasteiger partial charge in [-0.2, -0.15) is 4.72 Å². The molecule has 0 saturated carbocycles. The van der Waals surface area contributed by atoms with E-state index in [1.54, 1.807) is 29.3 Å². The van der Waals surface area contributed by atoms with Crippen LogP contribution < -0.4 is 4.72 Å². The molecule has 4 aromatic rings. The predicted octanol–water partition coefficient (Wildman–Crippen LogP) is 4.09. The Kier molecular flexibility index (Phi) is 5.35. The summed E-state index contributed by atoms with van der Waals surface area (Å²) >= 11 is 8.53. The Morgan fingerprint density at radius 3 is 2.77 bits per heavy atom. The minimum atomic E-state index is -3.80. The van der Waals surface area contributed by atoms with E-state index in [0.717, 1.165) is 37.8 Å². The molecule has 1 fully saturated rings. The second kappa shape index (κ2) is 8.03. The summed E-state index contributed by atoms with van der Waals surface area (Å²) in [6.45, 7) is 0.869. The minimum absolute atomic E-state index is 0.181. The number of fused-ring (bicyclic) bond motifs is 1. The first kappa shape index (κ1) is 20.7. The van der Waals surface area contributed by atoms with E-state index in [9.17, 15) is 13.2 Å². The number of nitrogens with zero attached hydrogens (tertiary/aromatic N) is 2. The van der Waals surface area contributed by atoms with E-state index in [1.165, 1.54) is 11.3 Å². The monoisotopic (exact) mass is 492 g/mol. The number of aromatic nitrogens is 2. The summed E-state index contributed by atoms with van der Waals surface area (Å²) in [5.41, 5.74) is 2.60. The van der Waals surface area contributed by atoms with Gasteiger partial charge in [-0.05, 0) is 48.9 Å². The third-order valence-electron chi connectivity index (χ3n) is 5.06. The maximum absolute atomic E-state index is 12.9. The van der Waals surface area contributed by atoms with E-state index in [0.29, 0.717) is 23.8 Å². The first-order valence-electron chi connectivity index (χ1n) is 9.48. The molecular formula is C20H17ClN4O3S3. The van der Waals surface area contributed by atoms with Crippen LogP contribution in [0.2, 0.25) is 4.34 Å². The third-order valence-corrected chi connectivity index (χ3v) is 9.54. The van der Waals surface area contributed by atoms with E-state index in [1.807, 2.05) is 24.3 Å². The fourth-order valence-electron chi connectivity index (χ4n) is 3.60. The maximum Gasteiger partial charge on any atom is 0.250 e. The lowest BCUT2D eigenvalue weighted by atomic mass is 10.3. The molecule has 0 bridgehead atoms. The number of hydrogen-bond donors (Lipinski definition) is 2. The second-order valence-corrected chi connectivity index (χ2v) is 11.9. The van der Waals surface area contributed by atoms with Crippen molar-refractivity contribution in [3.8, 4) is 9.75 Å². The van der Waals surface area contributed by atoms with Gasteiger partial charge in [-0.15, -0.1) is 22.7 Å². The molecule has 0 unspecified atom stereocenters. The van der Waals surface area contributed by atoms with Crippen molar-refractivity contribution in [3.63, 3.8) is 0 Å². The summed E-state index contributed by atoms with van der Waals surface area (Å²) in [7, 11) is -3.80. The summed E-state index contributed by atoms with van der Waals surface area (Å²) in [4.78, 5) is 23.8. The first-order chi connectivity index (χ1) is 14.9. The number of H-pyrrole nitrogens is 1. The Balaban J connectivity index is 1.28. The van der Waals surface area contributed by atoms with Crippen molar-refractivity contribution in [3.05, 3.63) is 58.7 Å². The van der Waals surface area contributed by atoms with Crippen LogP contribution in [-0.4, -0.2) is 41.8 Å². The normalized spacial score (nSPS) is 17.1. The third kappa shape index (κ3) is 4.13. The van der Waals surface area contributed by atoms with Crippen LogP contribution >= 0.6 is 34.3 Å². The van der Waals surface area contributed by atoms with Gasteiger partial charge in [0.15, 0.2) is 0 Å². The maximum atomic E-state index is 12.9. The smallest absolute Gasteiger partial charge is 0.250 e. The quantitative estimate of drug-likeness (QED) is 0.424.